The number of amides is 1. The maximum Gasteiger partial charge on any atom is 0.311 e. The predicted molar refractivity (Wildman–Crippen MR) is 68.6 cm³/mol. The summed E-state index contributed by atoms with van der Waals surface area (Å²) in [6, 6.07) is 5.34. The summed E-state index contributed by atoms with van der Waals surface area (Å²) in [6.07, 6.45) is 1.46. The van der Waals surface area contributed by atoms with E-state index < -0.39 is 11.4 Å². The highest BCUT2D eigenvalue weighted by molar-refractivity contribution is 5.82. The van der Waals surface area contributed by atoms with E-state index in [0.29, 0.717) is 24.3 Å². The molecule has 1 saturated carbocycles. The molecule has 1 heterocycles. The van der Waals surface area contributed by atoms with Crippen molar-refractivity contribution >= 4 is 11.9 Å². The average Bonchev–Trinajstić information content (AvgIpc) is 3.08. The summed E-state index contributed by atoms with van der Waals surface area (Å²) in [5.41, 5.74) is 0.0804. The Balaban J connectivity index is 1.55. The molecule has 20 heavy (non-hydrogen) atoms. The van der Waals surface area contributed by atoms with Gasteiger partial charge in [-0.2, -0.15) is 0 Å². The number of benzene rings is 1. The Kier molecular flexibility index (Phi) is 3.00. The van der Waals surface area contributed by atoms with Crippen LogP contribution in [0.15, 0.2) is 18.2 Å². The van der Waals surface area contributed by atoms with Gasteiger partial charge in [0.1, 0.15) is 0 Å². The predicted octanol–water partition coefficient (Wildman–Crippen LogP) is 0.939. The van der Waals surface area contributed by atoms with E-state index in [4.69, 9.17) is 14.6 Å². The maximum atomic E-state index is 11.8. The van der Waals surface area contributed by atoms with Gasteiger partial charge in [-0.25, -0.2) is 0 Å². The van der Waals surface area contributed by atoms with E-state index >= 15 is 0 Å². The number of hydrogen-bond acceptors (Lipinski definition) is 4. The average molecular weight is 277 g/mol. The molecule has 1 aliphatic heterocycles. The van der Waals surface area contributed by atoms with Gasteiger partial charge in [-0.3, -0.25) is 9.59 Å². The molecule has 0 bridgehead atoms. The summed E-state index contributed by atoms with van der Waals surface area (Å²) < 4.78 is 10.4. The van der Waals surface area contributed by atoms with Crippen LogP contribution in [-0.4, -0.2) is 30.3 Å². The van der Waals surface area contributed by atoms with Gasteiger partial charge in [0.15, 0.2) is 11.5 Å². The first kappa shape index (κ1) is 12.8. The fraction of sp³-hybridized carbons (Fsp3) is 0.429. The summed E-state index contributed by atoms with van der Waals surface area (Å²) in [7, 11) is 0. The fourth-order valence-corrected chi connectivity index (χ4v) is 2.18. The van der Waals surface area contributed by atoms with E-state index in [-0.39, 0.29) is 25.7 Å². The summed E-state index contributed by atoms with van der Waals surface area (Å²) in [5, 5.41) is 11.7. The van der Waals surface area contributed by atoms with Crippen molar-refractivity contribution in [1.29, 1.82) is 0 Å². The second-order valence-corrected chi connectivity index (χ2v) is 5.23. The number of fused-ring (bicyclic) bond motifs is 1. The molecule has 3 rings (SSSR count). The SMILES string of the molecule is O=C(Cc1ccc2c(c1)OCO2)NCC1(C(=O)O)CC1. The number of aliphatic carboxylic acids is 1. The molecule has 6 nitrogen and oxygen atoms in total. The highest BCUT2D eigenvalue weighted by atomic mass is 16.7. The highest BCUT2D eigenvalue weighted by Gasteiger charge is 2.50. The first-order chi connectivity index (χ1) is 9.59. The Morgan fingerprint density at radius 3 is 2.70 bits per heavy atom. The van der Waals surface area contributed by atoms with Crippen LogP contribution in [0.25, 0.3) is 0 Å². The van der Waals surface area contributed by atoms with Crippen LogP contribution < -0.4 is 14.8 Å². The first-order valence-corrected chi connectivity index (χ1v) is 6.48. The van der Waals surface area contributed by atoms with E-state index in [0.717, 1.165) is 5.56 Å². The molecule has 0 aromatic heterocycles. The lowest BCUT2D eigenvalue weighted by Gasteiger charge is -2.11. The van der Waals surface area contributed by atoms with Crippen molar-refractivity contribution in [3.63, 3.8) is 0 Å². The third kappa shape index (κ3) is 2.41. The van der Waals surface area contributed by atoms with Crippen LogP contribution in [0, 0.1) is 5.41 Å². The fourth-order valence-electron chi connectivity index (χ4n) is 2.18. The Hall–Kier alpha value is -2.24. The minimum Gasteiger partial charge on any atom is -0.481 e. The van der Waals surface area contributed by atoms with Crippen molar-refractivity contribution in [1.82, 2.24) is 5.32 Å². The molecular weight excluding hydrogens is 262 g/mol. The summed E-state index contributed by atoms with van der Waals surface area (Å²) in [5.74, 6) is 0.300. The zero-order chi connectivity index (χ0) is 14.2. The van der Waals surface area contributed by atoms with E-state index in [1.165, 1.54) is 0 Å². The monoisotopic (exact) mass is 277 g/mol. The maximum absolute atomic E-state index is 11.8. The van der Waals surface area contributed by atoms with Gasteiger partial charge in [0.25, 0.3) is 0 Å². The van der Waals surface area contributed by atoms with Crippen LogP contribution >= 0.6 is 0 Å². The lowest BCUT2D eigenvalue weighted by atomic mass is 10.1. The Morgan fingerprint density at radius 1 is 1.25 bits per heavy atom. The topological polar surface area (TPSA) is 84.9 Å². The van der Waals surface area contributed by atoms with Gasteiger partial charge in [-0.15, -0.1) is 0 Å². The number of carbonyl (C=O) groups excluding carboxylic acids is 1. The standard InChI is InChI=1S/C14H15NO5/c16-12(15-7-14(3-4-14)13(17)18)6-9-1-2-10-11(5-9)20-8-19-10/h1-2,5H,3-4,6-8H2,(H,15,16)(H,17,18). The minimum atomic E-state index is -0.833. The highest BCUT2D eigenvalue weighted by Crippen LogP contribution is 2.45. The van der Waals surface area contributed by atoms with Crippen molar-refractivity contribution in [3.8, 4) is 11.5 Å². The van der Waals surface area contributed by atoms with Gasteiger partial charge in [-0.1, -0.05) is 6.07 Å². The molecule has 1 fully saturated rings. The number of nitrogens with one attached hydrogen (secondary N) is 1. The van der Waals surface area contributed by atoms with Gasteiger partial charge in [0.2, 0.25) is 12.7 Å². The summed E-state index contributed by atoms with van der Waals surface area (Å²) in [4.78, 5) is 22.8. The van der Waals surface area contributed by atoms with Gasteiger partial charge in [0.05, 0.1) is 11.8 Å². The molecule has 0 radical (unpaired) electrons. The molecule has 2 N–H and O–H groups in total. The number of ether oxygens (including phenoxy) is 2. The third-order valence-electron chi connectivity index (χ3n) is 3.73. The largest absolute Gasteiger partial charge is 0.481 e. The van der Waals surface area contributed by atoms with Gasteiger partial charge < -0.3 is 19.9 Å². The molecule has 0 saturated heterocycles. The number of carboxylic acid groups (broad SMARTS) is 1. The number of rotatable bonds is 5. The van der Waals surface area contributed by atoms with Crippen LogP contribution in [-0.2, 0) is 16.0 Å². The zero-order valence-corrected chi connectivity index (χ0v) is 10.8. The van der Waals surface area contributed by atoms with Crippen LogP contribution in [0.3, 0.4) is 0 Å². The quantitative estimate of drug-likeness (QED) is 0.836. The molecule has 106 valence electrons. The van der Waals surface area contributed by atoms with E-state index in [9.17, 15) is 9.59 Å². The van der Waals surface area contributed by atoms with Gasteiger partial charge >= 0.3 is 5.97 Å². The van der Waals surface area contributed by atoms with Crippen molar-refractivity contribution in [3.05, 3.63) is 23.8 Å². The van der Waals surface area contributed by atoms with Crippen LogP contribution in [0.2, 0.25) is 0 Å². The van der Waals surface area contributed by atoms with Gasteiger partial charge in [-0.05, 0) is 30.5 Å². The number of carbonyl (C=O) groups is 2. The second-order valence-electron chi connectivity index (χ2n) is 5.23. The lowest BCUT2D eigenvalue weighted by molar-refractivity contribution is -0.143. The molecule has 1 aromatic carbocycles. The lowest BCUT2D eigenvalue weighted by Crippen LogP contribution is -2.35. The molecule has 6 heteroatoms. The van der Waals surface area contributed by atoms with Gasteiger partial charge in [0, 0.05) is 6.54 Å². The molecule has 0 atom stereocenters. The Labute approximate surface area is 115 Å². The summed E-state index contributed by atoms with van der Waals surface area (Å²) in [6.45, 7) is 0.401. The van der Waals surface area contributed by atoms with Crippen LogP contribution in [0.5, 0.6) is 11.5 Å². The van der Waals surface area contributed by atoms with E-state index in [1.54, 1.807) is 18.2 Å². The van der Waals surface area contributed by atoms with Crippen molar-refractivity contribution < 1.29 is 24.2 Å². The van der Waals surface area contributed by atoms with Crippen LogP contribution in [0.4, 0.5) is 0 Å². The second kappa shape index (κ2) is 4.70. The molecule has 0 unspecified atom stereocenters. The molecular formula is C14H15NO5. The van der Waals surface area contributed by atoms with E-state index in [1.807, 2.05) is 0 Å². The zero-order valence-electron chi connectivity index (χ0n) is 10.8. The Morgan fingerprint density at radius 2 is 2.00 bits per heavy atom. The number of hydrogen-bond donors (Lipinski definition) is 2. The van der Waals surface area contributed by atoms with Crippen LogP contribution in [0.1, 0.15) is 18.4 Å². The first-order valence-electron chi connectivity index (χ1n) is 6.48. The van der Waals surface area contributed by atoms with E-state index in [2.05, 4.69) is 5.32 Å². The molecule has 1 amide bonds. The number of carboxylic acids is 1. The third-order valence-corrected chi connectivity index (χ3v) is 3.73. The van der Waals surface area contributed by atoms with Crippen molar-refractivity contribution in [2.45, 2.75) is 19.3 Å². The van der Waals surface area contributed by atoms with Crippen molar-refractivity contribution in [2.75, 3.05) is 13.3 Å². The summed E-state index contributed by atoms with van der Waals surface area (Å²) >= 11 is 0. The smallest absolute Gasteiger partial charge is 0.311 e. The molecule has 1 aliphatic carbocycles. The van der Waals surface area contributed by atoms with Crippen molar-refractivity contribution in [2.24, 2.45) is 5.41 Å². The molecule has 1 aromatic rings. The minimum absolute atomic E-state index is 0.184. The normalized spacial score (nSPS) is 17.6. The molecule has 0 spiro atoms. The molecule has 2 aliphatic rings. The Bertz CT molecular complexity index is 565.